The Morgan fingerprint density at radius 1 is 1.20 bits per heavy atom. The number of nitrogens with zero attached hydrogens (tertiary/aromatic N) is 4. The molecule has 1 N–H and O–H groups in total. The summed E-state index contributed by atoms with van der Waals surface area (Å²) in [6.07, 6.45) is 1.61. The van der Waals surface area contributed by atoms with Crippen LogP contribution in [0.3, 0.4) is 0 Å². The lowest BCUT2D eigenvalue weighted by Crippen LogP contribution is -2.07. The van der Waals surface area contributed by atoms with E-state index in [1.54, 1.807) is 6.20 Å². The van der Waals surface area contributed by atoms with Crippen molar-refractivity contribution in [3.8, 4) is 11.3 Å². The van der Waals surface area contributed by atoms with Gasteiger partial charge in [0.05, 0.1) is 6.20 Å². The van der Waals surface area contributed by atoms with Crippen molar-refractivity contribution in [1.29, 1.82) is 0 Å². The van der Waals surface area contributed by atoms with E-state index in [-0.39, 0.29) is 0 Å². The van der Waals surface area contributed by atoms with Crippen molar-refractivity contribution in [3.63, 3.8) is 0 Å². The quantitative estimate of drug-likeness (QED) is 0.790. The zero-order chi connectivity index (χ0) is 10.5. The predicted molar refractivity (Wildman–Crippen MR) is 55.8 cm³/mol. The maximum atomic E-state index is 3.94. The minimum atomic E-state index is 0.746. The Balaban J connectivity index is 2.43. The Bertz CT molecular complexity index is 429. The van der Waals surface area contributed by atoms with E-state index in [0.29, 0.717) is 0 Å². The van der Waals surface area contributed by atoms with Crippen molar-refractivity contribution in [2.24, 2.45) is 0 Å². The van der Waals surface area contributed by atoms with E-state index in [1.807, 2.05) is 31.3 Å². The van der Waals surface area contributed by atoms with Crippen LogP contribution in [0.25, 0.3) is 11.3 Å². The standard InChI is InChI=1S/C10H11N5/c1-11-6-8-4-2-3-5-9(8)10-7-12-14-15-13-10/h2-5,7,11H,6H2,1H3. The molecule has 0 unspecified atom stereocenters. The van der Waals surface area contributed by atoms with Crippen molar-refractivity contribution >= 4 is 0 Å². The highest BCUT2D eigenvalue weighted by atomic mass is 15.4. The maximum absolute atomic E-state index is 3.94. The number of rotatable bonds is 3. The average Bonchev–Trinajstić information content (AvgIpc) is 2.31. The van der Waals surface area contributed by atoms with E-state index < -0.39 is 0 Å². The first-order valence-electron chi connectivity index (χ1n) is 4.65. The maximum Gasteiger partial charge on any atom is 0.115 e. The Morgan fingerprint density at radius 2 is 2.07 bits per heavy atom. The van der Waals surface area contributed by atoms with E-state index in [1.165, 1.54) is 5.56 Å². The molecule has 15 heavy (non-hydrogen) atoms. The molecule has 1 aromatic carbocycles. The zero-order valence-corrected chi connectivity index (χ0v) is 8.38. The van der Waals surface area contributed by atoms with Gasteiger partial charge in [-0.1, -0.05) is 24.3 Å². The molecule has 0 saturated carbocycles. The van der Waals surface area contributed by atoms with Gasteiger partial charge in [0.15, 0.2) is 0 Å². The van der Waals surface area contributed by atoms with E-state index in [0.717, 1.165) is 17.8 Å². The monoisotopic (exact) mass is 201 g/mol. The third kappa shape index (κ3) is 2.13. The summed E-state index contributed by atoms with van der Waals surface area (Å²) in [6, 6.07) is 8.02. The van der Waals surface area contributed by atoms with Gasteiger partial charge in [-0.05, 0) is 23.0 Å². The van der Waals surface area contributed by atoms with Crippen LogP contribution in [0.5, 0.6) is 0 Å². The van der Waals surface area contributed by atoms with Gasteiger partial charge in [-0.3, -0.25) is 0 Å². The fourth-order valence-electron chi connectivity index (χ4n) is 1.44. The van der Waals surface area contributed by atoms with E-state index in [9.17, 15) is 0 Å². The minimum absolute atomic E-state index is 0.746. The SMILES string of the molecule is CNCc1ccccc1-c1cnnnn1. The highest BCUT2D eigenvalue weighted by Crippen LogP contribution is 2.19. The molecule has 1 aromatic heterocycles. The molecule has 5 nitrogen and oxygen atoms in total. The lowest BCUT2D eigenvalue weighted by molar-refractivity contribution is 0.763. The molecule has 5 heteroatoms. The van der Waals surface area contributed by atoms with Crippen molar-refractivity contribution in [2.45, 2.75) is 6.54 Å². The third-order valence-electron chi connectivity index (χ3n) is 2.08. The topological polar surface area (TPSA) is 63.6 Å². The summed E-state index contributed by atoms with van der Waals surface area (Å²) < 4.78 is 0. The molecule has 0 spiro atoms. The first-order chi connectivity index (χ1) is 7.42. The molecule has 2 rings (SSSR count). The van der Waals surface area contributed by atoms with E-state index in [4.69, 9.17) is 0 Å². The van der Waals surface area contributed by atoms with Gasteiger partial charge >= 0.3 is 0 Å². The summed E-state index contributed by atoms with van der Waals surface area (Å²) in [7, 11) is 1.91. The first-order valence-corrected chi connectivity index (χ1v) is 4.65. The average molecular weight is 201 g/mol. The molecule has 0 aliphatic rings. The molecular weight excluding hydrogens is 190 g/mol. The number of benzene rings is 1. The smallest absolute Gasteiger partial charge is 0.115 e. The van der Waals surface area contributed by atoms with Gasteiger partial charge in [-0.2, -0.15) is 0 Å². The van der Waals surface area contributed by atoms with Crippen LogP contribution >= 0.6 is 0 Å². The molecule has 1 heterocycles. The van der Waals surface area contributed by atoms with Crippen LogP contribution < -0.4 is 5.32 Å². The molecule has 76 valence electrons. The summed E-state index contributed by atoms with van der Waals surface area (Å²) in [5, 5.41) is 17.7. The second-order valence-electron chi connectivity index (χ2n) is 3.10. The molecule has 0 amide bonds. The van der Waals surface area contributed by atoms with Gasteiger partial charge in [-0.25, -0.2) is 0 Å². The minimum Gasteiger partial charge on any atom is -0.316 e. The Hall–Kier alpha value is -1.88. The number of nitrogens with one attached hydrogen (secondary N) is 1. The van der Waals surface area contributed by atoms with Crippen molar-refractivity contribution in [3.05, 3.63) is 36.0 Å². The van der Waals surface area contributed by atoms with Gasteiger partial charge in [0, 0.05) is 12.1 Å². The summed E-state index contributed by atoms with van der Waals surface area (Å²) in [6.45, 7) is 0.792. The van der Waals surface area contributed by atoms with E-state index in [2.05, 4.69) is 25.9 Å². The van der Waals surface area contributed by atoms with Gasteiger partial charge in [0.2, 0.25) is 0 Å². The van der Waals surface area contributed by atoms with Crippen LogP contribution in [0.4, 0.5) is 0 Å². The highest BCUT2D eigenvalue weighted by molar-refractivity contribution is 5.62. The number of hydrogen-bond donors (Lipinski definition) is 1. The molecule has 0 saturated heterocycles. The lowest BCUT2D eigenvalue weighted by atomic mass is 10.1. The van der Waals surface area contributed by atoms with Crippen molar-refractivity contribution in [2.75, 3.05) is 7.05 Å². The Kier molecular flexibility index (Phi) is 2.94. The van der Waals surface area contributed by atoms with E-state index >= 15 is 0 Å². The van der Waals surface area contributed by atoms with Crippen molar-refractivity contribution < 1.29 is 0 Å². The predicted octanol–water partition coefficient (Wildman–Crippen LogP) is 0.653. The van der Waals surface area contributed by atoms with Gasteiger partial charge in [0.25, 0.3) is 0 Å². The van der Waals surface area contributed by atoms with Crippen LogP contribution in [0, 0.1) is 0 Å². The van der Waals surface area contributed by atoms with Crippen LogP contribution in [-0.4, -0.2) is 27.7 Å². The summed E-state index contributed by atoms with van der Waals surface area (Å²) in [5.41, 5.74) is 2.95. The largest absolute Gasteiger partial charge is 0.316 e. The van der Waals surface area contributed by atoms with Gasteiger partial charge < -0.3 is 5.32 Å². The third-order valence-corrected chi connectivity index (χ3v) is 2.08. The molecule has 0 atom stereocenters. The Morgan fingerprint density at radius 3 is 2.80 bits per heavy atom. The normalized spacial score (nSPS) is 10.2. The fourth-order valence-corrected chi connectivity index (χ4v) is 1.44. The van der Waals surface area contributed by atoms with Crippen LogP contribution in [0.2, 0.25) is 0 Å². The lowest BCUT2D eigenvalue weighted by Gasteiger charge is -2.06. The number of aromatic nitrogens is 4. The summed E-state index contributed by atoms with van der Waals surface area (Å²) in [5.74, 6) is 0. The summed E-state index contributed by atoms with van der Waals surface area (Å²) >= 11 is 0. The molecular formula is C10H11N5. The summed E-state index contributed by atoms with van der Waals surface area (Å²) in [4.78, 5) is 0. The Labute approximate surface area is 87.6 Å². The second-order valence-corrected chi connectivity index (χ2v) is 3.10. The van der Waals surface area contributed by atoms with Crippen molar-refractivity contribution in [1.82, 2.24) is 25.9 Å². The van der Waals surface area contributed by atoms with Crippen LogP contribution in [0.15, 0.2) is 30.5 Å². The zero-order valence-electron chi connectivity index (χ0n) is 8.38. The fraction of sp³-hybridized carbons (Fsp3) is 0.200. The molecule has 0 fully saturated rings. The van der Waals surface area contributed by atoms with Crippen LogP contribution in [-0.2, 0) is 6.54 Å². The molecule has 0 bridgehead atoms. The first kappa shape index (κ1) is 9.67. The molecule has 0 radical (unpaired) electrons. The molecule has 0 aliphatic carbocycles. The second kappa shape index (κ2) is 4.56. The van der Waals surface area contributed by atoms with Gasteiger partial charge in [-0.15, -0.1) is 10.2 Å². The highest BCUT2D eigenvalue weighted by Gasteiger charge is 2.05. The van der Waals surface area contributed by atoms with Gasteiger partial charge in [0.1, 0.15) is 5.69 Å². The molecule has 2 aromatic rings. The number of hydrogen-bond acceptors (Lipinski definition) is 5. The molecule has 0 aliphatic heterocycles. The van der Waals surface area contributed by atoms with Crippen LogP contribution in [0.1, 0.15) is 5.56 Å².